The van der Waals surface area contributed by atoms with Crippen LogP contribution in [0.3, 0.4) is 0 Å². The highest BCUT2D eigenvalue weighted by Crippen LogP contribution is 2.40. The molecule has 5 rings (SSSR count). The van der Waals surface area contributed by atoms with Crippen LogP contribution in [0.4, 0.5) is 5.13 Å². The second kappa shape index (κ2) is 9.23. The first kappa shape index (κ1) is 23.7. The molecule has 3 aromatic heterocycles. The number of nitrogen functional groups attached to an aromatic ring is 1. The Hall–Kier alpha value is -3.98. The number of carbonyl (C=O) groups is 3. The highest BCUT2D eigenvalue weighted by atomic mass is 32.2. The maximum atomic E-state index is 13.0. The van der Waals surface area contributed by atoms with Gasteiger partial charge in [-0.3, -0.25) is 14.5 Å². The maximum absolute atomic E-state index is 13.0. The van der Waals surface area contributed by atoms with Crippen LogP contribution in [0, 0.1) is 6.92 Å². The van der Waals surface area contributed by atoms with Gasteiger partial charge in [0.05, 0.1) is 17.4 Å². The van der Waals surface area contributed by atoms with E-state index < -0.39 is 29.2 Å². The average molecular weight is 529 g/mol. The van der Waals surface area contributed by atoms with Crippen LogP contribution in [0.2, 0.25) is 0 Å². The number of fused-ring (bicyclic) bond motifs is 2. The van der Waals surface area contributed by atoms with E-state index in [1.54, 1.807) is 22.3 Å². The van der Waals surface area contributed by atoms with E-state index in [9.17, 15) is 19.5 Å². The van der Waals surface area contributed by atoms with E-state index >= 15 is 0 Å². The molecule has 3 N–H and O–H groups in total. The van der Waals surface area contributed by atoms with E-state index in [0.29, 0.717) is 11.3 Å². The zero-order valence-electron chi connectivity index (χ0n) is 19.1. The van der Waals surface area contributed by atoms with Crippen molar-refractivity contribution in [1.29, 1.82) is 0 Å². The molecule has 0 aromatic carbocycles. The number of nitrogens with zero attached hydrogens (tertiary/aromatic N) is 6. The fourth-order valence-electron chi connectivity index (χ4n) is 4.12. The number of carboxylic acid groups (broad SMARTS) is 1. The van der Waals surface area contributed by atoms with Crippen molar-refractivity contribution in [2.45, 2.75) is 24.9 Å². The van der Waals surface area contributed by atoms with E-state index in [1.165, 1.54) is 23.8 Å². The Balaban J connectivity index is 1.37. The third-order valence-corrected chi connectivity index (χ3v) is 7.72. The van der Waals surface area contributed by atoms with Gasteiger partial charge in [-0.15, -0.1) is 27.6 Å². The largest absolute Gasteiger partial charge is 0.543 e. The summed E-state index contributed by atoms with van der Waals surface area (Å²) in [5.41, 5.74) is 7.66. The lowest BCUT2D eigenvalue weighted by Crippen LogP contribution is -2.71. The molecule has 0 saturated carbocycles. The standard InChI is InChI=1S/C21H20N8O5S2/c1-10-3-4-13-27(5-6-28(13)25-10)7-11-8-35-19-15(18(31)29(19)16(11)20(32)33)24-17(30)14(26-34-2)12-9-36-21(22)23-12/h3-6,9,15,19H,7-8H2,1-2H3,(H3-,22,23,24,30,32,33)/b26-14-/t15-,19-/m1/s1. The van der Waals surface area contributed by atoms with Crippen LogP contribution in [0.15, 0.2) is 46.3 Å². The van der Waals surface area contributed by atoms with Crippen LogP contribution in [-0.4, -0.2) is 67.3 Å². The molecule has 13 nitrogen and oxygen atoms in total. The number of carbonyl (C=O) groups excluding carboxylic acids is 3. The van der Waals surface area contributed by atoms with Gasteiger partial charge in [0.1, 0.15) is 37.0 Å². The molecule has 2 aliphatic rings. The number of nitrogens with one attached hydrogen (secondary N) is 1. The molecule has 2 aliphatic heterocycles. The third-order valence-electron chi connectivity index (χ3n) is 5.71. The highest BCUT2D eigenvalue weighted by molar-refractivity contribution is 8.00. The van der Waals surface area contributed by atoms with E-state index in [1.807, 2.05) is 23.6 Å². The van der Waals surface area contributed by atoms with Crippen molar-refractivity contribution in [2.24, 2.45) is 5.16 Å². The molecule has 2 atom stereocenters. The minimum absolute atomic E-state index is 0.144. The van der Waals surface area contributed by atoms with E-state index in [0.717, 1.165) is 22.7 Å². The molecule has 186 valence electrons. The van der Waals surface area contributed by atoms with Gasteiger partial charge in [0.25, 0.3) is 11.8 Å². The number of β-lactam (4-membered cyclic amide) rings is 1. The summed E-state index contributed by atoms with van der Waals surface area (Å²) >= 11 is 2.48. The first-order valence-corrected chi connectivity index (χ1v) is 12.6. The molecule has 5 heterocycles. The molecular formula is C21H20N8O5S2. The van der Waals surface area contributed by atoms with Crippen LogP contribution < -0.4 is 20.7 Å². The number of carboxylic acids is 1. The topological polar surface area (TPSA) is 172 Å². The minimum Gasteiger partial charge on any atom is -0.543 e. The molecular weight excluding hydrogens is 508 g/mol. The summed E-state index contributed by atoms with van der Waals surface area (Å²) in [4.78, 5) is 47.9. The number of aryl methyl sites for hydroxylation is 1. The quantitative estimate of drug-likeness (QED) is 0.159. The number of hydrogen-bond acceptors (Lipinski definition) is 11. The number of imidazole rings is 1. The lowest BCUT2D eigenvalue weighted by molar-refractivity contribution is -0.580. The van der Waals surface area contributed by atoms with Gasteiger partial charge in [-0.25, -0.2) is 9.55 Å². The molecule has 2 amide bonds. The van der Waals surface area contributed by atoms with Crippen molar-refractivity contribution in [2.75, 3.05) is 18.6 Å². The summed E-state index contributed by atoms with van der Waals surface area (Å²) in [6.07, 6.45) is 3.57. The van der Waals surface area contributed by atoms with Gasteiger partial charge in [0, 0.05) is 22.8 Å². The monoisotopic (exact) mass is 528 g/mol. The molecule has 0 aliphatic carbocycles. The number of thioether (sulfide) groups is 1. The number of aliphatic carboxylic acids is 1. The molecule has 0 unspecified atom stereocenters. The van der Waals surface area contributed by atoms with Crippen LogP contribution in [0.25, 0.3) is 5.65 Å². The Morgan fingerprint density at radius 2 is 2.22 bits per heavy atom. The Labute approximate surface area is 212 Å². The summed E-state index contributed by atoms with van der Waals surface area (Å²) in [5.74, 6) is -2.37. The average Bonchev–Trinajstić information content (AvgIpc) is 3.45. The zero-order chi connectivity index (χ0) is 25.6. The van der Waals surface area contributed by atoms with Gasteiger partial charge in [0.2, 0.25) is 0 Å². The van der Waals surface area contributed by atoms with Crippen LogP contribution in [-0.2, 0) is 25.8 Å². The lowest BCUT2D eigenvalue weighted by atomic mass is 10.0. The van der Waals surface area contributed by atoms with Crippen molar-refractivity contribution in [3.8, 4) is 0 Å². The van der Waals surface area contributed by atoms with Crippen molar-refractivity contribution in [3.63, 3.8) is 0 Å². The molecule has 3 aromatic rings. The Morgan fingerprint density at radius 1 is 1.42 bits per heavy atom. The van der Waals surface area contributed by atoms with E-state index in [2.05, 4.69) is 20.6 Å². The maximum Gasteiger partial charge on any atom is 0.307 e. The number of aromatic nitrogens is 4. The van der Waals surface area contributed by atoms with Crippen molar-refractivity contribution in [1.82, 2.24) is 24.9 Å². The third kappa shape index (κ3) is 4.05. The van der Waals surface area contributed by atoms with Crippen molar-refractivity contribution < 1.29 is 28.8 Å². The second-order valence-corrected chi connectivity index (χ2v) is 9.99. The number of hydrogen-bond donors (Lipinski definition) is 2. The summed E-state index contributed by atoms with van der Waals surface area (Å²) in [7, 11) is 1.28. The molecule has 0 radical (unpaired) electrons. The van der Waals surface area contributed by atoms with Crippen LogP contribution >= 0.6 is 23.1 Å². The summed E-state index contributed by atoms with van der Waals surface area (Å²) in [6.45, 7) is 2.11. The van der Waals surface area contributed by atoms with Gasteiger partial charge in [-0.2, -0.15) is 0 Å². The Bertz CT molecular complexity index is 1460. The van der Waals surface area contributed by atoms with Gasteiger partial charge in [0.15, 0.2) is 17.0 Å². The number of rotatable bonds is 7. The predicted molar refractivity (Wildman–Crippen MR) is 127 cm³/mol. The second-order valence-electron chi connectivity index (χ2n) is 8.00. The molecule has 36 heavy (non-hydrogen) atoms. The van der Waals surface area contributed by atoms with Gasteiger partial charge in [-0.1, -0.05) is 10.3 Å². The fourth-order valence-corrected chi connectivity index (χ4v) is 6.00. The SMILES string of the molecule is CO/N=C(\C(=O)N[C@@H]1C(=O)N2C(C(=O)[O-])=C(Cn3cc[n+]4nc(C)ccc34)CS[C@H]12)c1csc(N)n1. The highest BCUT2D eigenvalue weighted by Gasteiger charge is 2.53. The lowest BCUT2D eigenvalue weighted by Gasteiger charge is -2.50. The van der Waals surface area contributed by atoms with Crippen molar-refractivity contribution in [3.05, 3.63) is 52.6 Å². The first-order valence-electron chi connectivity index (χ1n) is 10.6. The summed E-state index contributed by atoms with van der Waals surface area (Å²) in [6, 6.07) is 2.79. The molecule has 0 spiro atoms. The number of anilines is 1. The van der Waals surface area contributed by atoms with E-state index in [-0.39, 0.29) is 28.8 Å². The van der Waals surface area contributed by atoms with Gasteiger partial charge < -0.3 is 25.8 Å². The molecule has 1 saturated heterocycles. The minimum atomic E-state index is -1.45. The molecule has 1 fully saturated rings. The normalized spacial score (nSPS) is 19.8. The smallest absolute Gasteiger partial charge is 0.307 e. The first-order chi connectivity index (χ1) is 17.3. The zero-order valence-corrected chi connectivity index (χ0v) is 20.7. The summed E-state index contributed by atoms with van der Waals surface area (Å²) < 4.78 is 3.55. The fraction of sp³-hybridized carbons (Fsp3) is 0.286. The van der Waals surface area contributed by atoms with Crippen molar-refractivity contribution >= 4 is 57.4 Å². The van der Waals surface area contributed by atoms with Gasteiger partial charge >= 0.3 is 5.65 Å². The van der Waals surface area contributed by atoms with Gasteiger partial charge in [-0.05, 0) is 13.0 Å². The number of oxime groups is 1. The van der Waals surface area contributed by atoms with E-state index in [4.69, 9.17) is 10.6 Å². The molecule has 0 bridgehead atoms. The molecule has 15 heteroatoms. The number of amides is 2. The predicted octanol–water partition coefficient (Wildman–Crippen LogP) is -1.58. The number of nitrogens with two attached hydrogens (primary N) is 1. The Morgan fingerprint density at radius 3 is 2.92 bits per heavy atom. The Kier molecular flexibility index (Phi) is 6.09. The number of thiazole rings is 1. The van der Waals surface area contributed by atoms with Crippen LogP contribution in [0.1, 0.15) is 11.4 Å². The van der Waals surface area contributed by atoms with Crippen LogP contribution in [0.5, 0.6) is 0 Å². The summed E-state index contributed by atoms with van der Waals surface area (Å²) in [5, 5.41) is 24.0.